The summed E-state index contributed by atoms with van der Waals surface area (Å²) in [7, 11) is 0. The highest BCUT2D eigenvalue weighted by atomic mass is 35.5. The normalized spacial score (nSPS) is 12.1. The third kappa shape index (κ3) is 11.6. The maximum Gasteiger partial charge on any atom is 0.391 e. The Morgan fingerprint density at radius 3 is 1.33 bits per heavy atom. The highest BCUT2D eigenvalue weighted by Crippen LogP contribution is 2.33. The molecule has 0 aliphatic rings. The molecule has 9 heteroatoms. The number of benzene rings is 4. The van der Waals surface area contributed by atoms with Crippen molar-refractivity contribution in [2.24, 2.45) is 11.8 Å². The molecule has 0 fully saturated rings. The van der Waals surface area contributed by atoms with Gasteiger partial charge in [-0.05, 0) is 86.5 Å². The van der Waals surface area contributed by atoms with Gasteiger partial charge in [-0.15, -0.1) is 0 Å². The lowest BCUT2D eigenvalue weighted by Gasteiger charge is -2.17. The summed E-state index contributed by atoms with van der Waals surface area (Å²) >= 11 is 4.69. The fourth-order valence-electron chi connectivity index (χ4n) is 7.44. The SMILES string of the molecule is CCCCC(CC)Cn1c2ccccc2c2cc(C(=O)C(=O)OCC)ccc21.CCCCC(CC)Cn1c2ccccc2c2ccccc21.CCOC(=O)C(=O)Cl. The lowest BCUT2D eigenvalue weighted by molar-refractivity contribution is -0.149. The molecule has 0 N–H and O–H groups in total. The monoisotopic (exact) mass is 794 g/mol. The summed E-state index contributed by atoms with van der Waals surface area (Å²) in [4.78, 5) is 44.1. The second-order valence-electron chi connectivity index (χ2n) is 14.4. The Morgan fingerprint density at radius 1 is 0.544 bits per heavy atom. The van der Waals surface area contributed by atoms with Crippen molar-refractivity contribution in [3.05, 3.63) is 96.6 Å². The van der Waals surface area contributed by atoms with Gasteiger partial charge >= 0.3 is 17.2 Å². The Hall–Kier alpha value is -4.95. The third-order valence-electron chi connectivity index (χ3n) is 10.6. The predicted octanol–water partition coefficient (Wildman–Crippen LogP) is 12.1. The average Bonchev–Trinajstić information content (AvgIpc) is 3.72. The first kappa shape index (κ1) is 44.8. The van der Waals surface area contributed by atoms with Gasteiger partial charge in [0.25, 0.3) is 5.78 Å². The van der Waals surface area contributed by atoms with Crippen LogP contribution in [0.3, 0.4) is 0 Å². The Labute approximate surface area is 342 Å². The zero-order chi connectivity index (χ0) is 41.3. The van der Waals surface area contributed by atoms with Crippen molar-refractivity contribution in [2.75, 3.05) is 13.2 Å². The number of ether oxygens (including phenoxy) is 2. The number of Topliss-reactive ketones (excluding diaryl/α,β-unsaturated/α-hetero) is 1. The van der Waals surface area contributed by atoms with Crippen molar-refractivity contribution in [1.29, 1.82) is 0 Å². The molecule has 2 heterocycles. The fourth-order valence-corrected chi connectivity index (χ4v) is 7.50. The summed E-state index contributed by atoms with van der Waals surface area (Å²) in [5.41, 5.74) is 5.43. The van der Waals surface area contributed by atoms with Crippen LogP contribution in [0.5, 0.6) is 0 Å². The first-order valence-electron chi connectivity index (χ1n) is 20.7. The molecular weight excluding hydrogens is 736 g/mol. The Bertz CT molecular complexity index is 2200. The van der Waals surface area contributed by atoms with Crippen LogP contribution in [0.15, 0.2) is 91.0 Å². The van der Waals surface area contributed by atoms with Crippen LogP contribution in [0.25, 0.3) is 43.6 Å². The molecule has 304 valence electrons. The molecule has 0 saturated carbocycles. The standard InChI is InChI=1S/C24H29NO3.C20H25N.C4H5ClO3/c1-4-7-10-17(5-2)16-25-21-12-9-8-11-19(21)20-15-18(13-14-22(20)25)23(26)24(27)28-6-3;1-3-5-10-16(4-2)15-21-19-13-8-6-11-17(19)18-12-7-9-14-20(18)21;1-2-8-4(7)3(5)6/h8-9,11-15,17H,4-7,10,16H2,1-3H3;6-9,11-14,16H,3-5,10,15H2,1-2H3;2H2,1H3. The predicted molar refractivity (Wildman–Crippen MR) is 234 cm³/mol. The summed E-state index contributed by atoms with van der Waals surface area (Å²) in [5.74, 6) is -0.968. The minimum atomic E-state index is -1.08. The minimum absolute atomic E-state index is 0.178. The van der Waals surface area contributed by atoms with Crippen LogP contribution in [0, 0.1) is 11.8 Å². The van der Waals surface area contributed by atoms with Gasteiger partial charge in [-0.1, -0.05) is 121 Å². The van der Waals surface area contributed by atoms with Gasteiger partial charge < -0.3 is 18.6 Å². The molecule has 4 aromatic carbocycles. The molecule has 0 bridgehead atoms. The Morgan fingerprint density at radius 2 is 0.947 bits per heavy atom. The number of ketones is 1. The zero-order valence-electron chi connectivity index (χ0n) is 34.5. The van der Waals surface area contributed by atoms with E-state index in [4.69, 9.17) is 16.3 Å². The summed E-state index contributed by atoms with van der Waals surface area (Å²) in [6.45, 7) is 14.9. The van der Waals surface area contributed by atoms with Gasteiger partial charge in [-0.3, -0.25) is 9.59 Å². The molecule has 0 radical (unpaired) electrons. The number of hydrogen-bond donors (Lipinski definition) is 0. The van der Waals surface area contributed by atoms with E-state index < -0.39 is 23.0 Å². The molecule has 0 amide bonds. The van der Waals surface area contributed by atoms with Crippen molar-refractivity contribution >= 4 is 78.2 Å². The molecule has 2 aromatic heterocycles. The van der Waals surface area contributed by atoms with Gasteiger partial charge in [-0.25, -0.2) is 9.59 Å². The van der Waals surface area contributed by atoms with E-state index >= 15 is 0 Å². The summed E-state index contributed by atoms with van der Waals surface area (Å²) < 4.78 is 14.0. The Balaban J connectivity index is 0.000000218. The van der Waals surface area contributed by atoms with E-state index in [1.54, 1.807) is 19.9 Å². The topological polar surface area (TPSA) is 96.6 Å². The van der Waals surface area contributed by atoms with Gasteiger partial charge in [0, 0.05) is 62.3 Å². The molecule has 0 aliphatic carbocycles. The molecule has 0 spiro atoms. The summed E-state index contributed by atoms with van der Waals surface area (Å²) in [6, 6.07) is 31.5. The van der Waals surface area contributed by atoms with E-state index in [1.165, 1.54) is 72.3 Å². The molecule has 6 aromatic rings. The number of carbonyl (C=O) groups is 4. The van der Waals surface area contributed by atoms with Gasteiger partial charge in [0.1, 0.15) is 0 Å². The number of esters is 2. The van der Waals surface area contributed by atoms with Crippen LogP contribution in [0.1, 0.15) is 103 Å². The lowest BCUT2D eigenvalue weighted by Crippen LogP contribution is -2.17. The molecular formula is C48H59ClN2O6. The quantitative estimate of drug-likeness (QED) is 0.0395. The molecule has 2 atom stereocenters. The summed E-state index contributed by atoms with van der Waals surface area (Å²) in [5, 5.41) is 3.82. The van der Waals surface area contributed by atoms with Crippen LogP contribution in [0.2, 0.25) is 0 Å². The van der Waals surface area contributed by atoms with Gasteiger partial charge in [0.15, 0.2) is 0 Å². The second-order valence-corrected chi connectivity index (χ2v) is 14.7. The number of nitrogens with zero attached hydrogens (tertiary/aromatic N) is 2. The minimum Gasteiger partial charge on any atom is -0.460 e. The number of aromatic nitrogens is 2. The van der Waals surface area contributed by atoms with Crippen molar-refractivity contribution in [3.63, 3.8) is 0 Å². The van der Waals surface area contributed by atoms with Gasteiger partial charge in [-0.2, -0.15) is 0 Å². The van der Waals surface area contributed by atoms with E-state index in [0.29, 0.717) is 11.5 Å². The summed E-state index contributed by atoms with van der Waals surface area (Å²) in [6.07, 6.45) is 10.1. The molecule has 2 unspecified atom stereocenters. The van der Waals surface area contributed by atoms with E-state index in [9.17, 15) is 19.2 Å². The van der Waals surface area contributed by atoms with Crippen LogP contribution in [-0.4, -0.2) is 45.3 Å². The molecule has 57 heavy (non-hydrogen) atoms. The lowest BCUT2D eigenvalue weighted by atomic mass is 9.99. The number of fused-ring (bicyclic) bond motifs is 6. The van der Waals surface area contributed by atoms with E-state index in [1.807, 2.05) is 18.2 Å². The number of hydrogen-bond acceptors (Lipinski definition) is 6. The molecule has 0 aliphatic heterocycles. The number of para-hydroxylation sites is 3. The van der Waals surface area contributed by atoms with E-state index in [0.717, 1.165) is 41.7 Å². The molecule has 8 nitrogen and oxygen atoms in total. The smallest absolute Gasteiger partial charge is 0.391 e. The highest BCUT2D eigenvalue weighted by molar-refractivity contribution is 6.80. The number of halogens is 1. The van der Waals surface area contributed by atoms with Crippen LogP contribution >= 0.6 is 11.6 Å². The first-order chi connectivity index (χ1) is 27.6. The van der Waals surface area contributed by atoms with E-state index in [2.05, 4.69) is 108 Å². The maximum atomic E-state index is 12.4. The molecule has 0 saturated heterocycles. The Kier molecular flexibility index (Phi) is 17.8. The average molecular weight is 795 g/mol. The van der Waals surface area contributed by atoms with Crippen molar-refractivity contribution in [1.82, 2.24) is 9.13 Å². The number of rotatable bonds is 17. The van der Waals surface area contributed by atoms with Crippen molar-refractivity contribution < 1.29 is 28.7 Å². The van der Waals surface area contributed by atoms with Gasteiger partial charge in [0.05, 0.1) is 13.2 Å². The zero-order valence-corrected chi connectivity index (χ0v) is 35.3. The van der Waals surface area contributed by atoms with E-state index in [-0.39, 0.29) is 13.2 Å². The molecule has 6 rings (SSSR count). The fraction of sp³-hybridized carbons (Fsp3) is 0.417. The highest BCUT2D eigenvalue weighted by Gasteiger charge is 2.21. The van der Waals surface area contributed by atoms with Crippen LogP contribution < -0.4 is 0 Å². The number of unbranched alkanes of at least 4 members (excludes halogenated alkanes) is 2. The number of carbonyl (C=O) groups excluding carboxylic acids is 4. The second kappa shape index (κ2) is 22.7. The van der Waals surface area contributed by atoms with Crippen LogP contribution in [-0.2, 0) is 36.9 Å². The maximum absolute atomic E-state index is 12.4. The van der Waals surface area contributed by atoms with Crippen LogP contribution in [0.4, 0.5) is 0 Å². The van der Waals surface area contributed by atoms with Gasteiger partial charge in [0.2, 0.25) is 0 Å². The first-order valence-corrected chi connectivity index (χ1v) is 21.1. The largest absolute Gasteiger partial charge is 0.460 e. The van der Waals surface area contributed by atoms with Crippen molar-refractivity contribution in [3.8, 4) is 0 Å². The van der Waals surface area contributed by atoms with Crippen molar-refractivity contribution in [2.45, 2.75) is 106 Å². The third-order valence-corrected chi connectivity index (χ3v) is 10.7.